The van der Waals surface area contributed by atoms with Crippen molar-refractivity contribution in [2.24, 2.45) is 0 Å². The van der Waals surface area contributed by atoms with Crippen molar-refractivity contribution in [3.05, 3.63) is 5.56 Å². The number of rotatable bonds is 11. The number of aromatic nitrogens is 2. The van der Waals surface area contributed by atoms with Crippen LogP contribution in [-0.4, -0.2) is 34.5 Å². The SMILES string of the molecule is CCCCCCCCCC(=O)n1nc(SC)c(C(=O)OCC)c1N. The maximum atomic E-state index is 12.3. The number of nitrogens with two attached hydrogens (primary N) is 1. The number of unbranched alkanes of at least 4 members (excludes halogenated alkanes) is 6. The van der Waals surface area contributed by atoms with Crippen molar-refractivity contribution < 1.29 is 14.3 Å². The molecule has 24 heavy (non-hydrogen) atoms. The summed E-state index contributed by atoms with van der Waals surface area (Å²) in [7, 11) is 0. The number of anilines is 1. The molecule has 0 spiro atoms. The maximum absolute atomic E-state index is 12.3. The van der Waals surface area contributed by atoms with E-state index in [1.165, 1.54) is 37.4 Å². The average molecular weight is 356 g/mol. The molecule has 0 amide bonds. The van der Waals surface area contributed by atoms with Crippen molar-refractivity contribution in [3.8, 4) is 0 Å². The lowest BCUT2D eigenvalue weighted by Gasteiger charge is -2.04. The Hall–Kier alpha value is -1.50. The van der Waals surface area contributed by atoms with Gasteiger partial charge in [-0.2, -0.15) is 9.78 Å². The first-order valence-electron chi connectivity index (χ1n) is 8.69. The lowest BCUT2D eigenvalue weighted by molar-refractivity contribution is 0.0523. The smallest absolute Gasteiger partial charge is 0.344 e. The zero-order chi connectivity index (χ0) is 17.9. The van der Waals surface area contributed by atoms with Gasteiger partial charge >= 0.3 is 5.97 Å². The van der Waals surface area contributed by atoms with Crippen molar-refractivity contribution in [1.82, 2.24) is 9.78 Å². The van der Waals surface area contributed by atoms with Gasteiger partial charge in [0.15, 0.2) is 0 Å². The standard InChI is InChI=1S/C17H29N3O3S/c1-4-6-7-8-9-10-11-12-13(21)20-15(18)14(16(19-20)24-3)17(22)23-5-2/h4-12,18H2,1-3H3. The van der Waals surface area contributed by atoms with Gasteiger partial charge in [0.2, 0.25) is 5.91 Å². The number of nitrogens with zero attached hydrogens (tertiary/aromatic N) is 2. The van der Waals surface area contributed by atoms with Gasteiger partial charge in [0, 0.05) is 6.42 Å². The van der Waals surface area contributed by atoms with E-state index in [4.69, 9.17) is 10.5 Å². The van der Waals surface area contributed by atoms with Crippen LogP contribution >= 0.6 is 11.8 Å². The number of carbonyl (C=O) groups is 2. The Bertz CT molecular complexity index is 543. The summed E-state index contributed by atoms with van der Waals surface area (Å²) < 4.78 is 6.14. The molecule has 0 radical (unpaired) electrons. The van der Waals surface area contributed by atoms with Gasteiger partial charge in [-0.25, -0.2) is 4.79 Å². The Kier molecular flexibility index (Phi) is 9.52. The van der Waals surface area contributed by atoms with E-state index in [-0.39, 0.29) is 23.9 Å². The largest absolute Gasteiger partial charge is 0.462 e. The number of ether oxygens (including phenoxy) is 1. The van der Waals surface area contributed by atoms with Crippen molar-refractivity contribution in [2.75, 3.05) is 18.6 Å². The third kappa shape index (κ3) is 5.85. The summed E-state index contributed by atoms with van der Waals surface area (Å²) in [6.45, 7) is 4.17. The van der Waals surface area contributed by atoms with E-state index in [0.29, 0.717) is 11.4 Å². The molecule has 1 aromatic heterocycles. The molecule has 136 valence electrons. The first-order valence-corrected chi connectivity index (χ1v) is 9.92. The normalized spacial score (nSPS) is 10.8. The molecule has 0 saturated heterocycles. The Balaban J connectivity index is 2.60. The molecular formula is C17H29N3O3S. The molecule has 0 saturated carbocycles. The van der Waals surface area contributed by atoms with Gasteiger partial charge in [-0.05, 0) is 19.6 Å². The highest BCUT2D eigenvalue weighted by molar-refractivity contribution is 7.98. The Morgan fingerprint density at radius 1 is 1.12 bits per heavy atom. The maximum Gasteiger partial charge on any atom is 0.344 e. The van der Waals surface area contributed by atoms with E-state index in [9.17, 15) is 9.59 Å². The topological polar surface area (TPSA) is 87.2 Å². The summed E-state index contributed by atoms with van der Waals surface area (Å²) >= 11 is 1.28. The minimum atomic E-state index is -0.533. The first-order chi connectivity index (χ1) is 11.6. The summed E-state index contributed by atoms with van der Waals surface area (Å²) in [6, 6.07) is 0. The second-order valence-corrected chi connectivity index (χ2v) is 6.46. The van der Waals surface area contributed by atoms with E-state index in [2.05, 4.69) is 12.0 Å². The molecule has 1 heterocycles. The number of carbonyl (C=O) groups excluding carboxylic acids is 2. The van der Waals surface area contributed by atoms with Crippen molar-refractivity contribution in [2.45, 2.75) is 70.2 Å². The number of hydrogen-bond acceptors (Lipinski definition) is 6. The van der Waals surface area contributed by atoms with E-state index in [1.807, 2.05) is 0 Å². The Morgan fingerprint density at radius 3 is 2.33 bits per heavy atom. The highest BCUT2D eigenvalue weighted by atomic mass is 32.2. The van der Waals surface area contributed by atoms with E-state index in [0.717, 1.165) is 23.9 Å². The number of hydrogen-bond donors (Lipinski definition) is 1. The first kappa shape index (κ1) is 20.5. The van der Waals surface area contributed by atoms with Gasteiger partial charge in [0.05, 0.1) is 6.61 Å². The van der Waals surface area contributed by atoms with Crippen LogP contribution in [0.5, 0.6) is 0 Å². The van der Waals surface area contributed by atoms with Crippen molar-refractivity contribution in [3.63, 3.8) is 0 Å². The Morgan fingerprint density at radius 2 is 1.75 bits per heavy atom. The Labute approximate surface area is 148 Å². The van der Waals surface area contributed by atoms with Gasteiger partial charge in [0.1, 0.15) is 16.4 Å². The summed E-state index contributed by atoms with van der Waals surface area (Å²) in [5.74, 6) is -0.632. The third-order valence-electron chi connectivity index (χ3n) is 3.79. The minimum absolute atomic E-state index is 0.0748. The predicted molar refractivity (Wildman–Crippen MR) is 97.6 cm³/mol. The molecule has 1 aromatic rings. The van der Waals surface area contributed by atoms with Crippen LogP contribution in [0.25, 0.3) is 0 Å². The van der Waals surface area contributed by atoms with Crippen LogP contribution in [0, 0.1) is 0 Å². The van der Waals surface area contributed by atoms with Crippen LogP contribution in [0.3, 0.4) is 0 Å². The van der Waals surface area contributed by atoms with Gasteiger partial charge in [-0.3, -0.25) is 4.79 Å². The molecule has 0 aliphatic carbocycles. The molecule has 0 aromatic carbocycles. The molecule has 1 rings (SSSR count). The highest BCUT2D eigenvalue weighted by Gasteiger charge is 2.25. The second-order valence-electron chi connectivity index (χ2n) is 5.67. The lowest BCUT2D eigenvalue weighted by atomic mass is 10.1. The van der Waals surface area contributed by atoms with E-state index >= 15 is 0 Å². The lowest BCUT2D eigenvalue weighted by Crippen LogP contribution is -2.16. The quantitative estimate of drug-likeness (QED) is 0.364. The second kappa shape index (κ2) is 11.1. The van der Waals surface area contributed by atoms with Crippen LogP contribution in [0.4, 0.5) is 5.82 Å². The molecule has 0 aliphatic heterocycles. The van der Waals surface area contributed by atoms with Gasteiger partial charge in [-0.15, -0.1) is 11.8 Å². The molecule has 0 bridgehead atoms. The number of nitrogen functional groups attached to an aromatic ring is 1. The minimum Gasteiger partial charge on any atom is -0.462 e. The molecular weight excluding hydrogens is 326 g/mol. The van der Waals surface area contributed by atoms with Crippen LogP contribution in [0.1, 0.15) is 80.4 Å². The fourth-order valence-corrected chi connectivity index (χ4v) is 3.03. The molecule has 0 unspecified atom stereocenters. The van der Waals surface area contributed by atoms with Crippen molar-refractivity contribution >= 4 is 29.5 Å². The molecule has 7 heteroatoms. The molecule has 6 nitrogen and oxygen atoms in total. The van der Waals surface area contributed by atoms with Crippen LogP contribution < -0.4 is 5.73 Å². The summed E-state index contributed by atoms with van der Waals surface area (Å²) in [5.41, 5.74) is 6.15. The van der Waals surface area contributed by atoms with Gasteiger partial charge in [0.25, 0.3) is 0 Å². The van der Waals surface area contributed by atoms with Crippen molar-refractivity contribution in [1.29, 1.82) is 0 Å². The van der Waals surface area contributed by atoms with Crippen LogP contribution in [0.2, 0.25) is 0 Å². The summed E-state index contributed by atoms with van der Waals surface area (Å²) in [6.07, 6.45) is 10.1. The van der Waals surface area contributed by atoms with Gasteiger partial charge in [-0.1, -0.05) is 45.4 Å². The van der Waals surface area contributed by atoms with E-state index < -0.39 is 5.97 Å². The number of esters is 1. The third-order valence-corrected chi connectivity index (χ3v) is 4.46. The molecule has 0 fully saturated rings. The monoisotopic (exact) mass is 355 g/mol. The van der Waals surface area contributed by atoms with E-state index in [1.54, 1.807) is 13.2 Å². The predicted octanol–water partition coefficient (Wildman–Crippen LogP) is 4.14. The average Bonchev–Trinajstić information content (AvgIpc) is 2.90. The molecule has 2 N–H and O–H groups in total. The van der Waals surface area contributed by atoms with Gasteiger partial charge < -0.3 is 10.5 Å². The van der Waals surface area contributed by atoms with Crippen LogP contribution in [-0.2, 0) is 4.74 Å². The fraction of sp³-hybridized carbons (Fsp3) is 0.706. The summed E-state index contributed by atoms with van der Waals surface area (Å²) in [4.78, 5) is 24.3. The van der Waals surface area contributed by atoms with Crippen LogP contribution in [0.15, 0.2) is 5.03 Å². The summed E-state index contributed by atoms with van der Waals surface area (Å²) in [5, 5.41) is 4.60. The highest BCUT2D eigenvalue weighted by Crippen LogP contribution is 2.26. The fourth-order valence-electron chi connectivity index (χ4n) is 2.48. The zero-order valence-corrected chi connectivity index (χ0v) is 15.8. The molecule has 0 aliphatic rings. The molecule has 0 atom stereocenters. The zero-order valence-electron chi connectivity index (χ0n) is 15.0. The number of thioether (sulfide) groups is 1.